The quantitative estimate of drug-likeness (QED) is 0.742. The van der Waals surface area contributed by atoms with Gasteiger partial charge < -0.3 is 0 Å². The number of unbranched alkanes of at least 4 members (excludes halogenated alkanes) is 1. The third kappa shape index (κ3) is 3.91. The molecule has 3 nitrogen and oxygen atoms in total. The van der Waals surface area contributed by atoms with E-state index in [1.165, 1.54) is 3.57 Å². The molecule has 20 heavy (non-hydrogen) atoms. The van der Waals surface area contributed by atoms with Crippen LogP contribution in [0.4, 0.5) is 0 Å². The second kappa shape index (κ2) is 7.02. The lowest BCUT2D eigenvalue weighted by Gasteiger charge is -2.12. The summed E-state index contributed by atoms with van der Waals surface area (Å²) in [4.78, 5) is 16.8. The van der Waals surface area contributed by atoms with E-state index >= 15 is 0 Å². The summed E-state index contributed by atoms with van der Waals surface area (Å²) in [7, 11) is 0. The van der Waals surface area contributed by atoms with Crippen LogP contribution in [0.2, 0.25) is 0 Å². The Balaban J connectivity index is 2.34. The van der Waals surface area contributed by atoms with Gasteiger partial charge in [-0.3, -0.25) is 9.36 Å². The maximum absolute atomic E-state index is 12.2. The SMILES string of the molecule is CCCCc1nc(C)cc(=O)n1Cc1ccc(I)cc1. The minimum atomic E-state index is 0.0437. The largest absolute Gasteiger partial charge is 0.292 e. The second-order valence-electron chi connectivity index (χ2n) is 4.97. The van der Waals surface area contributed by atoms with Crippen LogP contribution < -0.4 is 5.56 Å². The van der Waals surface area contributed by atoms with Crippen LogP contribution in [0, 0.1) is 10.5 Å². The number of hydrogen-bond donors (Lipinski definition) is 0. The van der Waals surface area contributed by atoms with E-state index in [1.54, 1.807) is 10.6 Å². The van der Waals surface area contributed by atoms with Gasteiger partial charge in [0.1, 0.15) is 5.82 Å². The van der Waals surface area contributed by atoms with Crippen molar-refractivity contribution < 1.29 is 0 Å². The summed E-state index contributed by atoms with van der Waals surface area (Å²) in [5.74, 6) is 0.899. The lowest BCUT2D eigenvalue weighted by molar-refractivity contribution is 0.632. The van der Waals surface area contributed by atoms with Gasteiger partial charge in [-0.25, -0.2) is 4.98 Å². The molecule has 0 radical (unpaired) electrons. The fourth-order valence-electron chi connectivity index (χ4n) is 2.15. The molecule has 0 spiro atoms. The summed E-state index contributed by atoms with van der Waals surface area (Å²) in [5, 5.41) is 0. The van der Waals surface area contributed by atoms with Crippen LogP contribution in [0.15, 0.2) is 35.1 Å². The van der Waals surface area contributed by atoms with E-state index in [2.05, 4.69) is 58.8 Å². The molecule has 0 saturated heterocycles. The van der Waals surface area contributed by atoms with Gasteiger partial charge in [0.25, 0.3) is 5.56 Å². The van der Waals surface area contributed by atoms with Gasteiger partial charge in [0.2, 0.25) is 0 Å². The Morgan fingerprint density at radius 3 is 2.60 bits per heavy atom. The molecule has 1 aromatic heterocycles. The van der Waals surface area contributed by atoms with Crippen molar-refractivity contribution in [3.05, 3.63) is 61.3 Å². The van der Waals surface area contributed by atoms with Crippen molar-refractivity contribution in [2.24, 2.45) is 0 Å². The highest BCUT2D eigenvalue weighted by molar-refractivity contribution is 14.1. The van der Waals surface area contributed by atoms with E-state index in [0.717, 1.165) is 36.3 Å². The first-order valence-corrected chi connectivity index (χ1v) is 8.00. The first-order valence-electron chi connectivity index (χ1n) is 6.92. The van der Waals surface area contributed by atoms with Crippen molar-refractivity contribution >= 4 is 22.6 Å². The summed E-state index contributed by atoms with van der Waals surface area (Å²) in [5.41, 5.74) is 1.98. The first-order chi connectivity index (χ1) is 9.60. The minimum absolute atomic E-state index is 0.0437. The smallest absolute Gasteiger partial charge is 0.254 e. The van der Waals surface area contributed by atoms with Gasteiger partial charge >= 0.3 is 0 Å². The molecule has 2 aromatic rings. The molecule has 4 heteroatoms. The molecule has 0 bridgehead atoms. The predicted molar refractivity (Wildman–Crippen MR) is 90.1 cm³/mol. The Kier molecular flexibility index (Phi) is 5.34. The monoisotopic (exact) mass is 382 g/mol. The van der Waals surface area contributed by atoms with Gasteiger partial charge in [0, 0.05) is 21.8 Å². The van der Waals surface area contributed by atoms with Crippen molar-refractivity contribution in [2.75, 3.05) is 0 Å². The molecular weight excluding hydrogens is 363 g/mol. The summed E-state index contributed by atoms with van der Waals surface area (Å²) in [6.07, 6.45) is 3.02. The molecule has 0 aliphatic carbocycles. The van der Waals surface area contributed by atoms with E-state index in [-0.39, 0.29) is 5.56 Å². The summed E-state index contributed by atoms with van der Waals surface area (Å²) in [6.45, 7) is 4.63. The Bertz CT molecular complexity index is 632. The zero-order valence-electron chi connectivity index (χ0n) is 11.9. The molecule has 0 fully saturated rings. The molecule has 0 atom stereocenters. The van der Waals surface area contributed by atoms with Gasteiger partial charge in [-0.1, -0.05) is 25.5 Å². The van der Waals surface area contributed by atoms with Crippen molar-refractivity contribution in [3.8, 4) is 0 Å². The third-order valence-electron chi connectivity index (χ3n) is 3.22. The molecule has 1 heterocycles. The lowest BCUT2D eigenvalue weighted by Crippen LogP contribution is -2.25. The van der Waals surface area contributed by atoms with Gasteiger partial charge in [-0.2, -0.15) is 0 Å². The molecule has 1 aromatic carbocycles. The maximum Gasteiger partial charge on any atom is 0.254 e. The zero-order chi connectivity index (χ0) is 14.5. The normalized spacial score (nSPS) is 10.8. The molecule has 2 rings (SSSR count). The second-order valence-corrected chi connectivity index (χ2v) is 6.21. The predicted octanol–water partition coefficient (Wildman–Crippen LogP) is 3.55. The van der Waals surface area contributed by atoms with Crippen LogP contribution >= 0.6 is 22.6 Å². The molecule has 106 valence electrons. The van der Waals surface area contributed by atoms with Gasteiger partial charge in [0.05, 0.1) is 6.54 Å². The summed E-state index contributed by atoms with van der Waals surface area (Å²) >= 11 is 2.28. The van der Waals surface area contributed by atoms with Gasteiger partial charge in [-0.05, 0) is 53.6 Å². The Morgan fingerprint density at radius 2 is 1.95 bits per heavy atom. The van der Waals surface area contributed by atoms with E-state index in [9.17, 15) is 4.79 Å². The highest BCUT2D eigenvalue weighted by Crippen LogP contribution is 2.09. The highest BCUT2D eigenvalue weighted by Gasteiger charge is 2.07. The van der Waals surface area contributed by atoms with E-state index < -0.39 is 0 Å². The van der Waals surface area contributed by atoms with E-state index in [1.807, 2.05) is 6.92 Å². The number of aryl methyl sites for hydroxylation is 2. The van der Waals surface area contributed by atoms with Crippen molar-refractivity contribution in [3.63, 3.8) is 0 Å². The Labute approximate surface area is 133 Å². The molecule has 0 N–H and O–H groups in total. The molecule has 0 amide bonds. The minimum Gasteiger partial charge on any atom is -0.292 e. The van der Waals surface area contributed by atoms with Crippen LogP contribution in [0.5, 0.6) is 0 Å². The fraction of sp³-hybridized carbons (Fsp3) is 0.375. The van der Waals surface area contributed by atoms with Crippen LogP contribution in [-0.4, -0.2) is 9.55 Å². The number of benzene rings is 1. The zero-order valence-corrected chi connectivity index (χ0v) is 14.1. The van der Waals surface area contributed by atoms with Gasteiger partial charge in [0.15, 0.2) is 0 Å². The van der Waals surface area contributed by atoms with Crippen LogP contribution in [0.25, 0.3) is 0 Å². The molecular formula is C16H19IN2O. The lowest BCUT2D eigenvalue weighted by atomic mass is 10.2. The molecule has 0 unspecified atom stereocenters. The highest BCUT2D eigenvalue weighted by atomic mass is 127. The average Bonchev–Trinajstić information content (AvgIpc) is 2.42. The van der Waals surface area contributed by atoms with Crippen LogP contribution in [0.3, 0.4) is 0 Å². The molecule has 0 aliphatic rings. The van der Waals surface area contributed by atoms with Crippen molar-refractivity contribution in [1.29, 1.82) is 0 Å². The third-order valence-corrected chi connectivity index (χ3v) is 3.94. The van der Waals surface area contributed by atoms with E-state index in [4.69, 9.17) is 0 Å². The molecule has 0 saturated carbocycles. The van der Waals surface area contributed by atoms with Crippen LogP contribution in [0.1, 0.15) is 36.8 Å². The number of halogens is 1. The summed E-state index contributed by atoms with van der Waals surface area (Å²) in [6, 6.07) is 9.88. The number of rotatable bonds is 5. The maximum atomic E-state index is 12.2. The Hall–Kier alpha value is -1.17. The van der Waals surface area contributed by atoms with E-state index in [0.29, 0.717) is 6.54 Å². The van der Waals surface area contributed by atoms with Crippen LogP contribution in [-0.2, 0) is 13.0 Å². The number of aromatic nitrogens is 2. The standard InChI is InChI=1S/C16H19IN2O/c1-3-4-5-15-18-12(2)10-16(20)19(15)11-13-6-8-14(17)9-7-13/h6-10H,3-5,11H2,1-2H3. The average molecular weight is 382 g/mol. The van der Waals surface area contributed by atoms with Gasteiger partial charge in [-0.15, -0.1) is 0 Å². The first kappa shape index (κ1) is 15.2. The number of hydrogen-bond acceptors (Lipinski definition) is 2. The van der Waals surface area contributed by atoms with Crippen molar-refractivity contribution in [1.82, 2.24) is 9.55 Å². The fourth-order valence-corrected chi connectivity index (χ4v) is 2.51. The number of nitrogens with zero attached hydrogens (tertiary/aromatic N) is 2. The summed E-state index contributed by atoms with van der Waals surface area (Å²) < 4.78 is 3.00. The van der Waals surface area contributed by atoms with Crippen molar-refractivity contribution in [2.45, 2.75) is 39.7 Å². The molecule has 0 aliphatic heterocycles. The topological polar surface area (TPSA) is 34.9 Å². The Morgan fingerprint density at radius 1 is 1.25 bits per heavy atom.